The first-order chi connectivity index (χ1) is 8.40. The minimum absolute atomic E-state index is 0.284. The van der Waals surface area contributed by atoms with E-state index >= 15 is 0 Å². The Hall–Kier alpha value is -1.19. The fourth-order valence-corrected chi connectivity index (χ4v) is 2.55. The van der Waals surface area contributed by atoms with E-state index in [-0.39, 0.29) is 5.92 Å². The Kier molecular flexibility index (Phi) is 3.55. The molecule has 3 nitrogen and oxygen atoms in total. The molecule has 96 valence electrons. The minimum Gasteiger partial charge on any atom is -0.384 e. The van der Waals surface area contributed by atoms with Crippen LogP contribution in [0, 0.1) is 0 Å². The topological polar surface area (TPSA) is 43.8 Å². The van der Waals surface area contributed by atoms with Crippen molar-refractivity contribution in [2.24, 2.45) is 7.05 Å². The average Bonchev–Trinajstić information content (AvgIpc) is 2.54. The zero-order chi connectivity index (χ0) is 13.4. The predicted molar refractivity (Wildman–Crippen MR) is 77.2 cm³/mol. The lowest BCUT2D eigenvalue weighted by Crippen LogP contribution is -2.00. The highest BCUT2D eigenvalue weighted by atomic mass is 35.5. The summed E-state index contributed by atoms with van der Waals surface area (Å²) in [5.74, 6) is 0.961. The summed E-state index contributed by atoms with van der Waals surface area (Å²) < 4.78 is 1.68. The molecule has 0 amide bonds. The van der Waals surface area contributed by atoms with Gasteiger partial charge in [-0.3, -0.25) is 4.68 Å². The fourth-order valence-electron chi connectivity index (χ4n) is 2.03. The zero-order valence-electron chi connectivity index (χ0n) is 10.5. The molecule has 2 aromatic rings. The maximum Gasteiger partial charge on any atom is 0.125 e. The lowest BCUT2D eigenvalue weighted by Gasteiger charge is -2.08. The van der Waals surface area contributed by atoms with Crippen molar-refractivity contribution in [2.45, 2.75) is 19.8 Å². The quantitative estimate of drug-likeness (QED) is 0.902. The van der Waals surface area contributed by atoms with Crippen LogP contribution in [-0.4, -0.2) is 9.78 Å². The Morgan fingerprint density at radius 2 is 1.72 bits per heavy atom. The Morgan fingerprint density at radius 1 is 1.17 bits per heavy atom. The monoisotopic (exact) mass is 283 g/mol. The SMILES string of the molecule is CC(C)c1c(-c2cc(Cl)cc(Cl)c2)nn(C)c1N. The van der Waals surface area contributed by atoms with E-state index in [1.165, 1.54) is 0 Å². The van der Waals surface area contributed by atoms with Crippen LogP contribution in [-0.2, 0) is 7.05 Å². The van der Waals surface area contributed by atoms with Gasteiger partial charge in [-0.15, -0.1) is 0 Å². The molecular weight excluding hydrogens is 269 g/mol. The molecule has 0 saturated heterocycles. The summed E-state index contributed by atoms with van der Waals surface area (Å²) in [4.78, 5) is 0. The molecule has 0 spiro atoms. The van der Waals surface area contributed by atoms with Crippen molar-refractivity contribution < 1.29 is 0 Å². The van der Waals surface area contributed by atoms with Crippen LogP contribution in [0.3, 0.4) is 0 Å². The van der Waals surface area contributed by atoms with Gasteiger partial charge in [0.25, 0.3) is 0 Å². The second-order valence-electron chi connectivity index (χ2n) is 4.58. The largest absolute Gasteiger partial charge is 0.384 e. The predicted octanol–water partition coefficient (Wildman–Crippen LogP) is 4.10. The second kappa shape index (κ2) is 4.82. The maximum atomic E-state index is 6.05. The van der Waals surface area contributed by atoms with Crippen LogP contribution in [0.4, 0.5) is 5.82 Å². The Bertz CT molecular complexity index is 568. The molecule has 0 fully saturated rings. The molecule has 0 atom stereocenters. The molecule has 0 aliphatic carbocycles. The van der Waals surface area contributed by atoms with Gasteiger partial charge >= 0.3 is 0 Å². The highest BCUT2D eigenvalue weighted by Crippen LogP contribution is 2.35. The number of hydrogen-bond donors (Lipinski definition) is 1. The molecule has 0 saturated carbocycles. The third-order valence-corrected chi connectivity index (χ3v) is 3.28. The van der Waals surface area contributed by atoms with Crippen molar-refractivity contribution in [1.82, 2.24) is 9.78 Å². The van der Waals surface area contributed by atoms with Gasteiger partial charge in [0.15, 0.2) is 0 Å². The van der Waals surface area contributed by atoms with Crippen LogP contribution in [0.1, 0.15) is 25.3 Å². The third kappa shape index (κ3) is 2.33. The molecule has 0 radical (unpaired) electrons. The number of hydrogen-bond acceptors (Lipinski definition) is 2. The summed E-state index contributed by atoms with van der Waals surface area (Å²) >= 11 is 12.1. The molecule has 1 aromatic heterocycles. The van der Waals surface area contributed by atoms with E-state index < -0.39 is 0 Å². The molecule has 18 heavy (non-hydrogen) atoms. The van der Waals surface area contributed by atoms with Crippen molar-refractivity contribution in [3.05, 3.63) is 33.8 Å². The van der Waals surface area contributed by atoms with E-state index in [0.29, 0.717) is 15.9 Å². The van der Waals surface area contributed by atoms with E-state index in [1.807, 2.05) is 19.2 Å². The Balaban J connectivity index is 2.67. The lowest BCUT2D eigenvalue weighted by molar-refractivity contribution is 0.780. The Morgan fingerprint density at radius 3 is 2.22 bits per heavy atom. The van der Waals surface area contributed by atoms with Crippen molar-refractivity contribution in [2.75, 3.05) is 5.73 Å². The van der Waals surface area contributed by atoms with Gasteiger partial charge in [-0.25, -0.2) is 0 Å². The van der Waals surface area contributed by atoms with Gasteiger partial charge in [0.1, 0.15) is 5.82 Å². The van der Waals surface area contributed by atoms with Crippen LogP contribution in [0.25, 0.3) is 11.3 Å². The molecule has 0 unspecified atom stereocenters. The fraction of sp³-hybridized carbons (Fsp3) is 0.308. The van der Waals surface area contributed by atoms with Crippen molar-refractivity contribution in [3.8, 4) is 11.3 Å². The van der Waals surface area contributed by atoms with Gasteiger partial charge in [-0.2, -0.15) is 5.10 Å². The van der Waals surface area contributed by atoms with E-state index in [2.05, 4.69) is 18.9 Å². The molecule has 2 rings (SSSR count). The number of nitrogens with two attached hydrogens (primary N) is 1. The second-order valence-corrected chi connectivity index (χ2v) is 5.46. The van der Waals surface area contributed by atoms with Gasteiger partial charge < -0.3 is 5.73 Å². The zero-order valence-corrected chi connectivity index (χ0v) is 12.0. The number of nitrogen functional groups attached to an aromatic ring is 1. The van der Waals surface area contributed by atoms with Crippen LogP contribution in [0.15, 0.2) is 18.2 Å². The van der Waals surface area contributed by atoms with Gasteiger partial charge in [0.2, 0.25) is 0 Å². The van der Waals surface area contributed by atoms with Gasteiger partial charge in [0.05, 0.1) is 5.69 Å². The van der Waals surface area contributed by atoms with E-state index in [4.69, 9.17) is 28.9 Å². The molecule has 1 heterocycles. The highest BCUT2D eigenvalue weighted by Gasteiger charge is 2.18. The number of anilines is 1. The summed E-state index contributed by atoms with van der Waals surface area (Å²) in [6, 6.07) is 5.40. The van der Waals surface area contributed by atoms with Crippen molar-refractivity contribution in [3.63, 3.8) is 0 Å². The molecule has 0 aliphatic rings. The molecule has 0 aliphatic heterocycles. The molecule has 1 aromatic carbocycles. The standard InChI is InChI=1S/C13H15Cl2N3/c1-7(2)11-12(17-18(3)13(11)16)8-4-9(14)6-10(15)5-8/h4-7H,16H2,1-3H3. The van der Waals surface area contributed by atoms with Crippen LogP contribution < -0.4 is 5.73 Å². The minimum atomic E-state index is 0.284. The molecular formula is C13H15Cl2N3. The first-order valence-corrected chi connectivity index (χ1v) is 6.44. The number of benzene rings is 1. The summed E-state index contributed by atoms with van der Waals surface area (Å²) in [7, 11) is 1.83. The Labute approximate surface area is 117 Å². The van der Waals surface area contributed by atoms with E-state index in [9.17, 15) is 0 Å². The number of rotatable bonds is 2. The summed E-state index contributed by atoms with van der Waals surface area (Å²) in [6.45, 7) is 4.17. The number of aryl methyl sites for hydroxylation is 1. The highest BCUT2D eigenvalue weighted by molar-refractivity contribution is 6.35. The normalized spacial score (nSPS) is 11.2. The summed E-state index contributed by atoms with van der Waals surface area (Å²) in [6.07, 6.45) is 0. The average molecular weight is 284 g/mol. The van der Waals surface area contributed by atoms with Gasteiger partial charge in [-0.1, -0.05) is 37.0 Å². The smallest absolute Gasteiger partial charge is 0.125 e. The molecule has 0 bridgehead atoms. The summed E-state index contributed by atoms with van der Waals surface area (Å²) in [5, 5.41) is 5.65. The van der Waals surface area contributed by atoms with Crippen LogP contribution >= 0.6 is 23.2 Å². The van der Waals surface area contributed by atoms with Crippen molar-refractivity contribution >= 4 is 29.0 Å². The number of halogens is 2. The van der Waals surface area contributed by atoms with Gasteiger partial charge in [-0.05, 0) is 24.1 Å². The van der Waals surface area contributed by atoms with E-state index in [1.54, 1.807) is 10.7 Å². The first-order valence-electron chi connectivity index (χ1n) is 5.69. The van der Waals surface area contributed by atoms with Gasteiger partial charge in [0, 0.05) is 28.2 Å². The van der Waals surface area contributed by atoms with Crippen LogP contribution in [0.5, 0.6) is 0 Å². The van der Waals surface area contributed by atoms with Crippen LogP contribution in [0.2, 0.25) is 10.0 Å². The maximum absolute atomic E-state index is 6.05. The summed E-state index contributed by atoms with van der Waals surface area (Å²) in [5.41, 5.74) is 8.81. The lowest BCUT2D eigenvalue weighted by atomic mass is 9.99. The number of aromatic nitrogens is 2. The van der Waals surface area contributed by atoms with Crippen molar-refractivity contribution in [1.29, 1.82) is 0 Å². The first kappa shape index (κ1) is 13.2. The molecule has 2 N–H and O–H groups in total. The molecule has 5 heteroatoms. The van der Waals surface area contributed by atoms with E-state index in [0.717, 1.165) is 16.8 Å². The number of nitrogens with zero attached hydrogens (tertiary/aromatic N) is 2. The third-order valence-electron chi connectivity index (χ3n) is 2.84.